The number of methoxy groups -OCH3 is 1. The third-order valence-corrected chi connectivity index (χ3v) is 10.7. The molecule has 0 N–H and O–H groups in total. The second-order valence-corrected chi connectivity index (χ2v) is 13.7. The molecule has 0 spiro atoms. The van der Waals surface area contributed by atoms with E-state index in [-0.39, 0.29) is 45.5 Å². The molecule has 2 aliphatic rings. The van der Waals surface area contributed by atoms with Crippen molar-refractivity contribution in [1.82, 2.24) is 0 Å². The molecule has 12 heteroatoms. The Bertz CT molecular complexity index is 2280. The van der Waals surface area contributed by atoms with Crippen LogP contribution < -0.4 is 19.3 Å². The van der Waals surface area contributed by atoms with Gasteiger partial charge in [0.25, 0.3) is 0 Å². The van der Waals surface area contributed by atoms with E-state index in [1.165, 1.54) is 55.6 Å². The van der Waals surface area contributed by atoms with Crippen molar-refractivity contribution in [1.29, 1.82) is 0 Å². The van der Waals surface area contributed by atoms with Crippen LogP contribution >= 0.6 is 7.37 Å². The van der Waals surface area contributed by atoms with Crippen LogP contribution in [0.3, 0.4) is 0 Å². The highest BCUT2D eigenvalue weighted by Crippen LogP contribution is 2.63. The van der Waals surface area contributed by atoms with Crippen LogP contribution in [-0.4, -0.2) is 37.5 Å². The van der Waals surface area contributed by atoms with Crippen LogP contribution in [0.15, 0.2) is 108 Å². The highest BCUT2D eigenvalue weighted by molar-refractivity contribution is 7.72. The topological polar surface area (TPSA) is 149 Å². The largest absolute Gasteiger partial charge is 0.465 e. The monoisotopic (exact) mass is 704 g/mol. The minimum atomic E-state index is -4.14. The third kappa shape index (κ3) is 6.79. The summed E-state index contributed by atoms with van der Waals surface area (Å²) in [6.45, 7) is 3.27. The highest BCUT2D eigenvalue weighted by Gasteiger charge is 2.41. The zero-order valence-electron chi connectivity index (χ0n) is 27.5. The summed E-state index contributed by atoms with van der Waals surface area (Å²) < 4.78 is 42.5. The maximum absolute atomic E-state index is 15.4. The van der Waals surface area contributed by atoms with E-state index in [0.717, 1.165) is 0 Å². The number of rotatable bonds is 8. The van der Waals surface area contributed by atoms with Crippen LogP contribution in [0.25, 0.3) is 5.57 Å². The summed E-state index contributed by atoms with van der Waals surface area (Å²) in [5.41, 5.74) is 2.67. The third-order valence-electron chi connectivity index (χ3n) is 8.21. The van der Waals surface area contributed by atoms with Crippen LogP contribution in [0, 0.1) is 13.8 Å². The van der Waals surface area contributed by atoms with Crippen LogP contribution in [0.5, 0.6) is 17.2 Å². The Hall–Kier alpha value is -6.32. The molecule has 11 nitrogen and oxygen atoms in total. The van der Waals surface area contributed by atoms with Gasteiger partial charge in [0.2, 0.25) is 0 Å². The predicted molar refractivity (Wildman–Crippen MR) is 186 cm³/mol. The van der Waals surface area contributed by atoms with Gasteiger partial charge in [-0.25, -0.2) is 19.2 Å². The lowest BCUT2D eigenvalue weighted by atomic mass is 10.0. The van der Waals surface area contributed by atoms with Gasteiger partial charge in [-0.1, -0.05) is 48.6 Å². The first-order chi connectivity index (χ1) is 24.5. The molecule has 1 unspecified atom stereocenters. The molecular weight excluding hydrogens is 675 g/mol. The van der Waals surface area contributed by atoms with Crippen molar-refractivity contribution in [3.8, 4) is 17.2 Å². The number of ether oxygens (including phenoxy) is 4. The number of carbonyl (C=O) groups excluding carboxylic acids is 5. The average molecular weight is 705 g/mol. The summed E-state index contributed by atoms with van der Waals surface area (Å²) >= 11 is 0. The lowest BCUT2D eigenvalue weighted by Gasteiger charge is -2.30. The molecule has 1 heterocycles. The molecule has 0 saturated carbocycles. The van der Waals surface area contributed by atoms with Gasteiger partial charge >= 0.3 is 37.7 Å². The Morgan fingerprint density at radius 3 is 2.24 bits per heavy atom. The molecule has 0 fully saturated rings. The van der Waals surface area contributed by atoms with E-state index in [1.54, 1.807) is 38.1 Å². The highest BCUT2D eigenvalue weighted by atomic mass is 31.2. The number of hydrogen-bond donors (Lipinski definition) is 0. The molecule has 6 rings (SSSR count). The number of para-hydroxylation sites is 1. The summed E-state index contributed by atoms with van der Waals surface area (Å²) in [5.74, 6) is -3.03. The molecule has 1 atom stereocenters. The summed E-state index contributed by atoms with van der Waals surface area (Å²) in [6, 6.07) is 19.6. The van der Waals surface area contributed by atoms with Crippen LogP contribution in [0.4, 0.5) is 0 Å². The lowest BCUT2D eigenvalue weighted by Crippen LogP contribution is -2.21. The Morgan fingerprint density at radius 1 is 0.745 bits per heavy atom. The minimum Gasteiger partial charge on any atom is -0.465 e. The number of benzene rings is 4. The molecule has 51 heavy (non-hydrogen) atoms. The Labute approximate surface area is 292 Å². The van der Waals surface area contributed by atoms with E-state index in [4.69, 9.17) is 18.7 Å². The van der Waals surface area contributed by atoms with Crippen LogP contribution in [0.2, 0.25) is 0 Å². The Balaban J connectivity index is 1.44. The first kappa shape index (κ1) is 34.5. The summed E-state index contributed by atoms with van der Waals surface area (Å²) in [4.78, 5) is 61.9. The number of carbonyl (C=O) groups is 5. The number of fused-ring (bicyclic) bond motifs is 2. The van der Waals surface area contributed by atoms with Crippen LogP contribution in [0.1, 0.15) is 64.5 Å². The molecule has 256 valence electrons. The quantitative estimate of drug-likeness (QED) is 0.0610. The van der Waals surface area contributed by atoms with E-state index < -0.39 is 31.2 Å². The Morgan fingerprint density at radius 2 is 1.47 bits per heavy atom. The van der Waals surface area contributed by atoms with E-state index in [1.807, 2.05) is 30.4 Å². The molecule has 0 aromatic heterocycles. The maximum Gasteiger partial charge on any atom is 0.345 e. The molecular formula is C39H29O11P. The molecule has 1 aliphatic heterocycles. The second-order valence-electron chi connectivity index (χ2n) is 11.4. The molecule has 4 aromatic rings. The van der Waals surface area contributed by atoms with E-state index in [0.29, 0.717) is 39.7 Å². The van der Waals surface area contributed by atoms with Crippen molar-refractivity contribution in [3.63, 3.8) is 0 Å². The average Bonchev–Trinajstić information content (AvgIpc) is 3.39. The first-order valence-corrected chi connectivity index (χ1v) is 17.2. The van der Waals surface area contributed by atoms with Gasteiger partial charge in [-0.15, -0.1) is 0 Å². The maximum atomic E-state index is 15.4. The first-order valence-electron chi connectivity index (χ1n) is 15.5. The van der Waals surface area contributed by atoms with Crippen molar-refractivity contribution < 1.29 is 52.0 Å². The molecule has 1 aliphatic carbocycles. The fraction of sp³-hybridized carbons (Fsp3) is 0.103. The molecule has 0 amide bonds. The van der Waals surface area contributed by atoms with Gasteiger partial charge in [0, 0.05) is 5.56 Å². The normalized spacial score (nSPS) is 15.7. The Kier molecular flexibility index (Phi) is 9.66. The SMILES string of the molecule is COC(=O)c1cc(C(=O)Oc2ccc(OC(=O)c3ccc(C(=O)OC=O)c(C)c3)c(P3(=O)Oc4ccccc4C4=C3C=CCC=C4)c2)ccc1C. The fourth-order valence-corrected chi connectivity index (χ4v) is 8.06. The molecule has 0 bridgehead atoms. The van der Waals surface area contributed by atoms with E-state index in [9.17, 15) is 24.0 Å². The molecule has 0 radical (unpaired) electrons. The smallest absolute Gasteiger partial charge is 0.345 e. The van der Waals surface area contributed by atoms with Gasteiger partial charge in [-0.2, -0.15) is 0 Å². The van der Waals surface area contributed by atoms with Crippen molar-refractivity contribution in [2.75, 3.05) is 7.11 Å². The van der Waals surface area contributed by atoms with Crippen LogP contribution in [-0.2, 0) is 18.8 Å². The summed E-state index contributed by atoms with van der Waals surface area (Å²) in [6.07, 6.45) is 7.88. The zero-order valence-corrected chi connectivity index (χ0v) is 28.4. The molecule has 0 saturated heterocycles. The summed E-state index contributed by atoms with van der Waals surface area (Å²) in [7, 11) is -2.90. The van der Waals surface area contributed by atoms with Gasteiger partial charge < -0.3 is 23.5 Å². The fourth-order valence-electron chi connectivity index (χ4n) is 5.65. The number of hydrogen-bond acceptors (Lipinski definition) is 11. The zero-order chi connectivity index (χ0) is 36.3. The van der Waals surface area contributed by atoms with Gasteiger partial charge in [0.15, 0.2) is 0 Å². The van der Waals surface area contributed by atoms with Gasteiger partial charge in [-0.05, 0) is 91.6 Å². The molecule has 4 aromatic carbocycles. The second kappa shape index (κ2) is 14.3. The lowest BCUT2D eigenvalue weighted by molar-refractivity contribution is -0.123. The minimum absolute atomic E-state index is 0.0144. The number of aryl methyl sites for hydroxylation is 2. The van der Waals surface area contributed by atoms with E-state index in [2.05, 4.69) is 4.74 Å². The van der Waals surface area contributed by atoms with Crippen molar-refractivity contribution in [2.24, 2.45) is 0 Å². The standard InChI is InChI=1S/C39H29O11P/c1-23-13-14-26(20-31(23)38(43)46-3)36(41)48-27-16-18-33(49-37(42)25-15-17-28(24(2)19-25)39(44)47-22-40)35(21-27)51(45)34-12-6-4-5-10-30(34)29-9-7-8-11-32(29)50-51/h5-22H,4H2,1-3H3. The van der Waals surface area contributed by atoms with Crippen molar-refractivity contribution in [2.45, 2.75) is 20.3 Å². The van der Waals surface area contributed by atoms with Gasteiger partial charge in [0.05, 0.1) is 40.0 Å². The van der Waals surface area contributed by atoms with E-state index >= 15 is 4.57 Å². The predicted octanol–water partition coefficient (Wildman–Crippen LogP) is 7.06. The summed E-state index contributed by atoms with van der Waals surface area (Å²) in [5, 5.41) is 0.274. The number of allylic oxidation sites excluding steroid dienone is 6. The van der Waals surface area contributed by atoms with Gasteiger partial charge in [0.1, 0.15) is 17.2 Å². The van der Waals surface area contributed by atoms with Crippen molar-refractivity contribution >= 4 is 48.6 Å². The number of esters is 4. The van der Waals surface area contributed by atoms with Gasteiger partial charge in [-0.3, -0.25) is 9.36 Å². The van der Waals surface area contributed by atoms with Crippen molar-refractivity contribution in [3.05, 3.63) is 147 Å².